The number of halogens is 2. The van der Waals surface area contributed by atoms with Gasteiger partial charge in [-0.25, -0.2) is 4.39 Å². The van der Waals surface area contributed by atoms with Gasteiger partial charge in [-0.3, -0.25) is 9.69 Å². The second-order valence-electron chi connectivity index (χ2n) is 6.42. The van der Waals surface area contributed by atoms with Gasteiger partial charge in [-0.15, -0.1) is 0 Å². The molecule has 27 heavy (non-hydrogen) atoms. The number of carbonyl (C=O) groups excluding carboxylic acids is 1. The normalized spacial score (nSPS) is 15.2. The van der Waals surface area contributed by atoms with Gasteiger partial charge in [-0.1, -0.05) is 40.2 Å². The zero-order chi connectivity index (χ0) is 19.1. The van der Waals surface area contributed by atoms with Gasteiger partial charge >= 0.3 is 0 Å². The predicted molar refractivity (Wildman–Crippen MR) is 108 cm³/mol. The Hall–Kier alpha value is -2.02. The van der Waals surface area contributed by atoms with Crippen LogP contribution in [0.25, 0.3) is 6.08 Å². The predicted octanol–water partition coefficient (Wildman–Crippen LogP) is 3.75. The first-order chi connectivity index (χ1) is 13.1. The van der Waals surface area contributed by atoms with Crippen molar-refractivity contribution in [3.63, 3.8) is 0 Å². The molecule has 0 saturated carbocycles. The molecule has 1 fully saturated rings. The van der Waals surface area contributed by atoms with Crippen LogP contribution in [0.3, 0.4) is 0 Å². The van der Waals surface area contributed by atoms with Gasteiger partial charge in [0.25, 0.3) is 0 Å². The van der Waals surface area contributed by atoms with Gasteiger partial charge in [-0.2, -0.15) is 0 Å². The Bertz CT molecular complexity index is 802. The van der Waals surface area contributed by atoms with Crippen molar-refractivity contribution in [1.29, 1.82) is 0 Å². The molecule has 3 rings (SSSR count). The monoisotopic (exact) mass is 432 g/mol. The molecule has 0 spiro atoms. The highest BCUT2D eigenvalue weighted by Crippen LogP contribution is 2.16. The zero-order valence-corrected chi connectivity index (χ0v) is 16.5. The summed E-state index contributed by atoms with van der Waals surface area (Å²) in [7, 11) is 0. The largest absolute Gasteiger partial charge is 0.379 e. The van der Waals surface area contributed by atoms with Crippen molar-refractivity contribution in [3.8, 4) is 0 Å². The van der Waals surface area contributed by atoms with E-state index in [2.05, 4.69) is 38.3 Å². The smallest absolute Gasteiger partial charge is 0.244 e. The summed E-state index contributed by atoms with van der Waals surface area (Å²) in [5.74, 6) is -0.620. The van der Waals surface area contributed by atoms with E-state index in [1.54, 1.807) is 12.1 Å². The number of nitrogens with zero attached hydrogens (tertiary/aromatic N) is 1. The lowest BCUT2D eigenvalue weighted by Crippen LogP contribution is -2.35. The second kappa shape index (κ2) is 9.78. The Morgan fingerprint density at radius 1 is 1.15 bits per heavy atom. The summed E-state index contributed by atoms with van der Waals surface area (Å²) in [4.78, 5) is 14.3. The Labute approximate surface area is 167 Å². The van der Waals surface area contributed by atoms with Crippen LogP contribution >= 0.6 is 15.9 Å². The summed E-state index contributed by atoms with van der Waals surface area (Å²) in [6.07, 6.45) is 2.82. The van der Waals surface area contributed by atoms with E-state index >= 15 is 0 Å². The van der Waals surface area contributed by atoms with Crippen LogP contribution in [0, 0.1) is 5.82 Å². The summed E-state index contributed by atoms with van der Waals surface area (Å²) in [5, 5.41) is 2.82. The standard InChI is InChI=1S/C21H22BrFN2O2/c22-19-6-7-20(23)18(13-19)5-8-21(26)24-14-16-1-3-17(4-2-16)15-25-9-11-27-12-10-25/h1-8,13H,9-12,14-15H2,(H,24,26)/b8-5+. The number of hydrogen-bond donors (Lipinski definition) is 1. The van der Waals surface area contributed by atoms with Gasteiger partial charge in [0.1, 0.15) is 5.82 Å². The lowest BCUT2D eigenvalue weighted by molar-refractivity contribution is -0.116. The molecule has 1 heterocycles. The number of amides is 1. The third kappa shape index (κ3) is 6.27. The SMILES string of the molecule is O=C(/C=C/c1cc(Br)ccc1F)NCc1ccc(CN2CCOCC2)cc1. The Balaban J connectivity index is 1.48. The van der Waals surface area contributed by atoms with Crippen molar-refractivity contribution in [2.45, 2.75) is 13.1 Å². The van der Waals surface area contributed by atoms with Gasteiger partial charge in [0.05, 0.1) is 13.2 Å². The average molecular weight is 433 g/mol. The molecule has 1 aliphatic rings. The van der Waals surface area contributed by atoms with Crippen LogP contribution in [0.1, 0.15) is 16.7 Å². The van der Waals surface area contributed by atoms with E-state index in [1.807, 2.05) is 12.1 Å². The fourth-order valence-electron chi connectivity index (χ4n) is 2.84. The Morgan fingerprint density at radius 3 is 2.59 bits per heavy atom. The minimum Gasteiger partial charge on any atom is -0.379 e. The van der Waals surface area contributed by atoms with E-state index in [-0.39, 0.29) is 11.7 Å². The molecule has 2 aromatic carbocycles. The number of nitrogens with one attached hydrogen (secondary N) is 1. The van der Waals surface area contributed by atoms with E-state index < -0.39 is 0 Å². The number of benzene rings is 2. The Kier molecular flexibility index (Phi) is 7.15. The van der Waals surface area contributed by atoms with Crippen molar-refractivity contribution in [3.05, 3.63) is 75.5 Å². The minimum absolute atomic E-state index is 0.258. The van der Waals surface area contributed by atoms with Crippen LogP contribution in [0.4, 0.5) is 4.39 Å². The molecule has 0 unspecified atom stereocenters. The number of ether oxygens (including phenoxy) is 1. The Morgan fingerprint density at radius 2 is 1.85 bits per heavy atom. The highest BCUT2D eigenvalue weighted by molar-refractivity contribution is 9.10. The molecular formula is C21H22BrFN2O2. The van der Waals surface area contributed by atoms with Crippen LogP contribution < -0.4 is 5.32 Å². The first kappa shape index (κ1) is 19.7. The molecular weight excluding hydrogens is 411 g/mol. The molecule has 0 bridgehead atoms. The van der Waals surface area contributed by atoms with Crippen LogP contribution in [0.2, 0.25) is 0 Å². The van der Waals surface area contributed by atoms with Crippen molar-refractivity contribution in [1.82, 2.24) is 10.2 Å². The maximum Gasteiger partial charge on any atom is 0.244 e. The fourth-order valence-corrected chi connectivity index (χ4v) is 3.21. The van der Waals surface area contributed by atoms with Crippen LogP contribution in [-0.4, -0.2) is 37.1 Å². The van der Waals surface area contributed by atoms with Gasteiger partial charge in [0.2, 0.25) is 5.91 Å². The zero-order valence-electron chi connectivity index (χ0n) is 15.0. The first-order valence-corrected chi connectivity index (χ1v) is 9.68. The third-order valence-corrected chi connectivity index (χ3v) is 4.87. The van der Waals surface area contributed by atoms with Crippen molar-refractivity contribution >= 4 is 27.9 Å². The van der Waals surface area contributed by atoms with E-state index in [0.717, 1.165) is 42.9 Å². The number of morpholine rings is 1. The lowest BCUT2D eigenvalue weighted by Gasteiger charge is -2.26. The summed E-state index contributed by atoms with van der Waals surface area (Å²) in [6.45, 7) is 4.85. The number of hydrogen-bond acceptors (Lipinski definition) is 3. The molecule has 1 aliphatic heterocycles. The summed E-state index contributed by atoms with van der Waals surface area (Å²) >= 11 is 3.29. The average Bonchev–Trinajstić information content (AvgIpc) is 2.69. The molecule has 0 radical (unpaired) electrons. The van der Waals surface area contributed by atoms with Crippen LogP contribution in [-0.2, 0) is 22.6 Å². The maximum atomic E-state index is 13.7. The molecule has 1 amide bonds. The fraction of sp³-hybridized carbons (Fsp3) is 0.286. The number of rotatable bonds is 6. The molecule has 0 aromatic heterocycles. The van der Waals surface area contributed by atoms with E-state index in [0.29, 0.717) is 12.1 Å². The third-order valence-electron chi connectivity index (χ3n) is 4.37. The van der Waals surface area contributed by atoms with Crippen molar-refractivity contribution < 1.29 is 13.9 Å². The second-order valence-corrected chi connectivity index (χ2v) is 7.34. The molecule has 6 heteroatoms. The van der Waals surface area contributed by atoms with E-state index in [1.165, 1.54) is 23.8 Å². The molecule has 2 aromatic rings. The molecule has 4 nitrogen and oxygen atoms in total. The quantitative estimate of drug-likeness (QED) is 0.706. The minimum atomic E-state index is -0.363. The van der Waals surface area contributed by atoms with Gasteiger partial charge < -0.3 is 10.1 Å². The van der Waals surface area contributed by atoms with E-state index in [4.69, 9.17) is 4.74 Å². The molecule has 0 aliphatic carbocycles. The number of carbonyl (C=O) groups is 1. The highest BCUT2D eigenvalue weighted by atomic mass is 79.9. The van der Waals surface area contributed by atoms with E-state index in [9.17, 15) is 9.18 Å². The lowest BCUT2D eigenvalue weighted by atomic mass is 10.1. The first-order valence-electron chi connectivity index (χ1n) is 8.89. The summed E-state index contributed by atoms with van der Waals surface area (Å²) in [6, 6.07) is 12.8. The van der Waals surface area contributed by atoms with Crippen LogP contribution in [0.15, 0.2) is 53.0 Å². The van der Waals surface area contributed by atoms with Gasteiger partial charge in [0, 0.05) is 42.3 Å². The maximum absolute atomic E-state index is 13.7. The van der Waals surface area contributed by atoms with Crippen molar-refractivity contribution in [2.75, 3.05) is 26.3 Å². The summed E-state index contributed by atoms with van der Waals surface area (Å²) in [5.41, 5.74) is 2.64. The van der Waals surface area contributed by atoms with Crippen LogP contribution in [0.5, 0.6) is 0 Å². The molecule has 1 saturated heterocycles. The topological polar surface area (TPSA) is 41.6 Å². The summed E-state index contributed by atoms with van der Waals surface area (Å²) < 4.78 is 19.8. The molecule has 142 valence electrons. The van der Waals surface area contributed by atoms with Crippen molar-refractivity contribution in [2.24, 2.45) is 0 Å². The molecule has 0 atom stereocenters. The van der Waals surface area contributed by atoms with Gasteiger partial charge in [-0.05, 0) is 35.4 Å². The molecule has 1 N–H and O–H groups in total. The van der Waals surface area contributed by atoms with Gasteiger partial charge in [0.15, 0.2) is 0 Å². The highest BCUT2D eigenvalue weighted by Gasteiger charge is 2.10.